The van der Waals surface area contributed by atoms with Crippen molar-refractivity contribution in [2.24, 2.45) is 5.14 Å². The van der Waals surface area contributed by atoms with E-state index in [0.717, 1.165) is 0 Å². The molecule has 2 aromatic heterocycles. The van der Waals surface area contributed by atoms with Crippen molar-refractivity contribution in [2.75, 3.05) is 18.6 Å². The maximum atomic E-state index is 10.9. The number of thioether (sulfide) groups is 1. The molecular weight excluding hydrogens is 376 g/mol. The van der Waals surface area contributed by atoms with E-state index in [1.165, 1.54) is 22.8 Å². The summed E-state index contributed by atoms with van der Waals surface area (Å²) in [6.45, 7) is -0.556. The quantitative estimate of drug-likeness (QED) is 0.411. The number of hydrogen-bond acceptors (Lipinski definition) is 11. The highest BCUT2D eigenvalue weighted by molar-refractivity contribution is 7.98. The van der Waals surface area contributed by atoms with Crippen LogP contribution in [-0.4, -0.2) is 69.6 Å². The van der Waals surface area contributed by atoms with E-state index in [1.807, 2.05) is 0 Å². The molecule has 1 saturated heterocycles. The molecule has 3 rings (SSSR count). The van der Waals surface area contributed by atoms with E-state index in [0.29, 0.717) is 16.1 Å². The Kier molecular flexibility index (Phi) is 4.84. The summed E-state index contributed by atoms with van der Waals surface area (Å²) in [5, 5.41) is 30.4. The molecular formula is C11H16N6O6S2. The summed E-state index contributed by atoms with van der Waals surface area (Å²) >= 11 is 1.30. The zero-order valence-electron chi connectivity index (χ0n) is 12.9. The molecule has 25 heavy (non-hydrogen) atoms. The van der Waals surface area contributed by atoms with Gasteiger partial charge < -0.3 is 20.7 Å². The Labute approximate surface area is 146 Å². The first-order valence-electron chi connectivity index (χ1n) is 6.94. The Morgan fingerprint density at radius 3 is 2.76 bits per heavy atom. The molecule has 6 N–H and O–H groups in total. The lowest BCUT2D eigenvalue weighted by atomic mass is 10.1. The number of aromatic nitrogens is 4. The van der Waals surface area contributed by atoms with E-state index < -0.39 is 41.5 Å². The number of aliphatic hydroxyl groups excluding tert-OH is 2. The predicted molar refractivity (Wildman–Crippen MR) is 86.5 cm³/mol. The van der Waals surface area contributed by atoms with Crippen molar-refractivity contribution in [1.29, 1.82) is 0 Å². The van der Waals surface area contributed by atoms with Gasteiger partial charge in [0.15, 0.2) is 11.9 Å². The van der Waals surface area contributed by atoms with E-state index in [2.05, 4.69) is 19.2 Å². The fourth-order valence-electron chi connectivity index (χ4n) is 2.51. The van der Waals surface area contributed by atoms with Gasteiger partial charge in [0, 0.05) is 0 Å². The van der Waals surface area contributed by atoms with Crippen molar-refractivity contribution in [3.63, 3.8) is 0 Å². The van der Waals surface area contributed by atoms with Crippen LogP contribution in [0.15, 0.2) is 11.4 Å². The maximum absolute atomic E-state index is 10.9. The summed E-state index contributed by atoms with van der Waals surface area (Å²) in [6, 6.07) is 0. The second kappa shape index (κ2) is 6.64. The average molecular weight is 392 g/mol. The van der Waals surface area contributed by atoms with Gasteiger partial charge in [0.05, 0.1) is 12.0 Å². The number of fused-ring (bicyclic) bond motifs is 1. The number of hydrogen-bond donors (Lipinski definition) is 4. The van der Waals surface area contributed by atoms with Crippen LogP contribution < -0.4 is 10.9 Å². The number of nitrogens with zero attached hydrogens (tertiary/aromatic N) is 4. The summed E-state index contributed by atoms with van der Waals surface area (Å²) in [6.07, 6.45) is -2.05. The highest BCUT2D eigenvalue weighted by Crippen LogP contribution is 2.35. The Morgan fingerprint density at radius 1 is 1.40 bits per heavy atom. The third-order valence-electron chi connectivity index (χ3n) is 3.65. The molecule has 0 aliphatic carbocycles. The average Bonchev–Trinajstić information content (AvgIpc) is 3.05. The molecule has 0 saturated carbocycles. The third kappa shape index (κ3) is 3.41. The summed E-state index contributed by atoms with van der Waals surface area (Å²) in [5.41, 5.74) is 6.16. The van der Waals surface area contributed by atoms with Crippen LogP contribution in [-0.2, 0) is 19.2 Å². The van der Waals surface area contributed by atoms with Crippen molar-refractivity contribution in [3.8, 4) is 0 Å². The largest absolute Gasteiger partial charge is 0.387 e. The summed E-state index contributed by atoms with van der Waals surface area (Å²) in [5.74, 6) is 0.211. The van der Waals surface area contributed by atoms with E-state index in [9.17, 15) is 18.6 Å². The molecule has 138 valence electrons. The van der Waals surface area contributed by atoms with Gasteiger partial charge in [-0.05, 0) is 6.26 Å². The Morgan fingerprint density at radius 2 is 2.12 bits per heavy atom. The Bertz CT molecular complexity index is 889. The van der Waals surface area contributed by atoms with Gasteiger partial charge in [-0.2, -0.15) is 13.5 Å². The van der Waals surface area contributed by atoms with E-state index >= 15 is 0 Å². The molecule has 2 aromatic rings. The second-order valence-electron chi connectivity index (χ2n) is 5.23. The van der Waals surface area contributed by atoms with Crippen LogP contribution in [0.3, 0.4) is 0 Å². The fourth-order valence-corrected chi connectivity index (χ4v) is 3.41. The number of nitrogen functional groups attached to an aromatic ring is 1. The SMILES string of the molecule is CSc1nn([C@@H]2O[C@@H](COS(N)(=O)=O)[C@@H](O)[C@H]2O)c2ncnc(N)c12. The molecule has 1 aliphatic rings. The van der Waals surface area contributed by atoms with Crippen LogP contribution >= 0.6 is 11.8 Å². The number of aliphatic hydroxyl groups is 2. The minimum absolute atomic E-state index is 0.211. The predicted octanol–water partition coefficient (Wildman–Crippen LogP) is -2.03. The normalized spacial score (nSPS) is 27.2. The number of ether oxygens (including phenoxy) is 1. The van der Waals surface area contributed by atoms with Crippen molar-refractivity contribution in [2.45, 2.75) is 29.6 Å². The summed E-state index contributed by atoms with van der Waals surface area (Å²) in [4.78, 5) is 8.01. The van der Waals surface area contributed by atoms with Gasteiger partial charge >= 0.3 is 10.3 Å². The number of anilines is 1. The standard InChI is InChI=1S/C11H16N6O6S2/c1-24-10-5-8(12)14-3-15-9(5)17(16-10)11-7(19)6(18)4(23-11)2-22-25(13,20)21/h3-4,6-7,11,18-19H,2H2,1H3,(H2,12,14,15)(H2,13,20,21)/t4-,6+,7+,11+/m0/s1. The Hall–Kier alpha value is -1.55. The van der Waals surface area contributed by atoms with Gasteiger partial charge in [-0.25, -0.2) is 19.8 Å². The lowest BCUT2D eigenvalue weighted by Crippen LogP contribution is -2.35. The smallest absolute Gasteiger partial charge is 0.333 e. The molecule has 4 atom stereocenters. The van der Waals surface area contributed by atoms with Gasteiger partial charge in [0.2, 0.25) is 0 Å². The molecule has 12 nitrogen and oxygen atoms in total. The highest BCUT2D eigenvalue weighted by atomic mass is 32.2. The van der Waals surface area contributed by atoms with Gasteiger partial charge in [0.1, 0.15) is 35.5 Å². The van der Waals surface area contributed by atoms with Gasteiger partial charge in [-0.15, -0.1) is 11.8 Å². The zero-order chi connectivity index (χ0) is 18.4. The highest BCUT2D eigenvalue weighted by Gasteiger charge is 2.45. The lowest BCUT2D eigenvalue weighted by molar-refractivity contribution is -0.0531. The van der Waals surface area contributed by atoms with Gasteiger partial charge in [0.25, 0.3) is 0 Å². The molecule has 0 aromatic carbocycles. The van der Waals surface area contributed by atoms with Crippen LogP contribution in [0.2, 0.25) is 0 Å². The van der Waals surface area contributed by atoms with Crippen LogP contribution in [0.4, 0.5) is 5.82 Å². The molecule has 1 fully saturated rings. The molecule has 0 radical (unpaired) electrons. The van der Waals surface area contributed by atoms with Crippen LogP contribution in [0.25, 0.3) is 11.0 Å². The van der Waals surface area contributed by atoms with Crippen molar-refractivity contribution in [1.82, 2.24) is 19.7 Å². The number of rotatable bonds is 5. The first kappa shape index (κ1) is 18.2. The molecule has 0 unspecified atom stereocenters. The Balaban J connectivity index is 1.94. The second-order valence-corrected chi connectivity index (χ2v) is 7.25. The van der Waals surface area contributed by atoms with E-state index in [-0.39, 0.29) is 5.82 Å². The monoisotopic (exact) mass is 392 g/mol. The molecule has 0 bridgehead atoms. The molecule has 1 aliphatic heterocycles. The topological polar surface area (TPSA) is 189 Å². The van der Waals surface area contributed by atoms with Crippen molar-refractivity contribution < 1.29 is 27.6 Å². The fraction of sp³-hybridized carbons (Fsp3) is 0.545. The zero-order valence-corrected chi connectivity index (χ0v) is 14.5. The third-order valence-corrected chi connectivity index (χ3v) is 4.79. The number of nitrogens with two attached hydrogens (primary N) is 2. The van der Waals surface area contributed by atoms with Crippen LogP contribution in [0.1, 0.15) is 6.23 Å². The summed E-state index contributed by atoms with van der Waals surface area (Å²) < 4.78 is 33.0. The maximum Gasteiger partial charge on any atom is 0.333 e. The molecule has 0 amide bonds. The minimum Gasteiger partial charge on any atom is -0.387 e. The van der Waals surface area contributed by atoms with Gasteiger partial charge in [-0.3, -0.25) is 4.18 Å². The molecule has 0 spiro atoms. The molecule has 3 heterocycles. The van der Waals surface area contributed by atoms with Crippen molar-refractivity contribution >= 4 is 38.9 Å². The van der Waals surface area contributed by atoms with Gasteiger partial charge in [-0.1, -0.05) is 0 Å². The lowest BCUT2D eigenvalue weighted by Gasteiger charge is -2.15. The first-order valence-corrected chi connectivity index (χ1v) is 9.64. The summed E-state index contributed by atoms with van der Waals surface area (Å²) in [7, 11) is -4.21. The van der Waals surface area contributed by atoms with Crippen LogP contribution in [0, 0.1) is 0 Å². The van der Waals surface area contributed by atoms with E-state index in [4.69, 9.17) is 15.6 Å². The molecule has 14 heteroatoms. The van der Waals surface area contributed by atoms with Crippen LogP contribution in [0.5, 0.6) is 0 Å². The van der Waals surface area contributed by atoms with Crippen molar-refractivity contribution in [3.05, 3.63) is 6.33 Å². The first-order chi connectivity index (χ1) is 11.7. The minimum atomic E-state index is -4.21. The van der Waals surface area contributed by atoms with E-state index in [1.54, 1.807) is 6.26 Å².